The number of aromatic nitrogens is 2. The van der Waals surface area contributed by atoms with Crippen LogP contribution < -0.4 is 0 Å². The number of rotatable bonds is 6. The van der Waals surface area contributed by atoms with Crippen LogP contribution in [0.3, 0.4) is 0 Å². The highest BCUT2D eigenvalue weighted by Crippen LogP contribution is 2.22. The quantitative estimate of drug-likeness (QED) is 0.615. The summed E-state index contributed by atoms with van der Waals surface area (Å²) in [7, 11) is 0. The molecule has 0 saturated carbocycles. The molecule has 1 aromatic heterocycles. The molecule has 2 aromatic rings. The summed E-state index contributed by atoms with van der Waals surface area (Å²) >= 11 is 0. The van der Waals surface area contributed by atoms with Gasteiger partial charge in [-0.1, -0.05) is 24.8 Å². The molecule has 0 aliphatic carbocycles. The molecule has 0 bridgehead atoms. The average Bonchev–Trinajstić information content (AvgIpc) is 2.70. The second kappa shape index (κ2) is 9.02. The Balaban J connectivity index is 1.72. The maximum atomic E-state index is 12.3. The Labute approximate surface area is 173 Å². The summed E-state index contributed by atoms with van der Waals surface area (Å²) in [6.07, 6.45) is 1.16. The molecule has 5 nitrogen and oxygen atoms in total. The summed E-state index contributed by atoms with van der Waals surface area (Å²) in [5.74, 6) is 0.152. The van der Waals surface area contributed by atoms with E-state index in [-0.39, 0.29) is 12.2 Å². The van der Waals surface area contributed by atoms with Crippen molar-refractivity contribution in [1.82, 2.24) is 15.0 Å². The number of hydrogen-bond acceptors (Lipinski definition) is 5. The number of hydrazone groups is 1. The third kappa shape index (κ3) is 5.85. The van der Waals surface area contributed by atoms with Gasteiger partial charge in [0.15, 0.2) is 0 Å². The van der Waals surface area contributed by atoms with E-state index in [0.29, 0.717) is 23.5 Å². The van der Waals surface area contributed by atoms with E-state index in [2.05, 4.69) is 26.6 Å². The van der Waals surface area contributed by atoms with E-state index in [1.807, 2.05) is 44.2 Å². The van der Waals surface area contributed by atoms with Crippen LogP contribution in [0.5, 0.6) is 0 Å². The summed E-state index contributed by atoms with van der Waals surface area (Å²) in [6, 6.07) is 7.86. The second-order valence-corrected chi connectivity index (χ2v) is 7.00. The lowest BCUT2D eigenvalue weighted by atomic mass is 10.1. The molecule has 0 amide bonds. The SMILES string of the molecule is C=C1C=CC(c2cnc(CCC(F)(F)F)nc2)=NN1C/C(C)=N/c1ccccc1C. The highest BCUT2D eigenvalue weighted by Gasteiger charge is 2.27. The second-order valence-electron chi connectivity index (χ2n) is 7.00. The van der Waals surface area contributed by atoms with Crippen molar-refractivity contribution >= 4 is 17.1 Å². The third-order valence-electron chi connectivity index (χ3n) is 4.43. The smallest absolute Gasteiger partial charge is 0.260 e. The fraction of sp³-hybridized carbons (Fsp3) is 0.273. The first-order valence-electron chi connectivity index (χ1n) is 9.42. The zero-order valence-electron chi connectivity index (χ0n) is 16.8. The van der Waals surface area contributed by atoms with Crippen LogP contribution in [0.1, 0.15) is 30.3 Å². The summed E-state index contributed by atoms with van der Waals surface area (Å²) in [4.78, 5) is 12.7. The van der Waals surface area contributed by atoms with Crippen LogP contribution in [0.4, 0.5) is 18.9 Å². The van der Waals surface area contributed by atoms with Crippen LogP contribution in [0.2, 0.25) is 0 Å². The first-order valence-corrected chi connectivity index (χ1v) is 9.42. The molecule has 8 heteroatoms. The molecule has 156 valence electrons. The van der Waals surface area contributed by atoms with Gasteiger partial charge in [-0.3, -0.25) is 10.0 Å². The third-order valence-corrected chi connectivity index (χ3v) is 4.43. The van der Waals surface area contributed by atoms with Crippen molar-refractivity contribution in [3.63, 3.8) is 0 Å². The molecular formula is C22H22F3N5. The molecule has 0 N–H and O–H groups in total. The largest absolute Gasteiger partial charge is 0.389 e. The van der Waals surface area contributed by atoms with E-state index in [1.165, 1.54) is 12.4 Å². The van der Waals surface area contributed by atoms with Crippen molar-refractivity contribution in [1.29, 1.82) is 0 Å². The Bertz CT molecular complexity index is 1000. The lowest BCUT2D eigenvalue weighted by Gasteiger charge is -2.23. The van der Waals surface area contributed by atoms with Crippen LogP contribution >= 0.6 is 0 Å². The van der Waals surface area contributed by atoms with Gasteiger partial charge in [-0.05, 0) is 37.6 Å². The predicted octanol–water partition coefficient (Wildman–Crippen LogP) is 5.16. The highest BCUT2D eigenvalue weighted by molar-refractivity contribution is 6.09. The summed E-state index contributed by atoms with van der Waals surface area (Å²) in [6.45, 7) is 8.38. The van der Waals surface area contributed by atoms with Gasteiger partial charge < -0.3 is 0 Å². The number of allylic oxidation sites excluding steroid dienone is 2. The van der Waals surface area contributed by atoms with E-state index in [1.54, 1.807) is 11.1 Å². The Morgan fingerprint density at radius 3 is 2.50 bits per heavy atom. The van der Waals surface area contributed by atoms with Crippen LogP contribution in [-0.4, -0.2) is 39.1 Å². The summed E-state index contributed by atoms with van der Waals surface area (Å²) in [5, 5.41) is 6.30. The number of hydrogen-bond donors (Lipinski definition) is 0. The lowest BCUT2D eigenvalue weighted by Crippen LogP contribution is -2.26. The monoisotopic (exact) mass is 413 g/mol. The summed E-state index contributed by atoms with van der Waals surface area (Å²) < 4.78 is 37.0. The number of nitrogens with zero attached hydrogens (tertiary/aromatic N) is 5. The molecule has 0 fully saturated rings. The van der Waals surface area contributed by atoms with Crippen molar-refractivity contribution < 1.29 is 13.2 Å². The van der Waals surface area contributed by atoms with E-state index >= 15 is 0 Å². The highest BCUT2D eigenvalue weighted by atomic mass is 19.4. The van der Waals surface area contributed by atoms with Gasteiger partial charge in [0.2, 0.25) is 0 Å². The molecule has 1 aromatic carbocycles. The topological polar surface area (TPSA) is 53.7 Å². The van der Waals surface area contributed by atoms with E-state index in [0.717, 1.165) is 17.0 Å². The zero-order valence-corrected chi connectivity index (χ0v) is 16.8. The minimum atomic E-state index is -4.23. The normalized spacial score (nSPS) is 14.8. The molecule has 0 atom stereocenters. The maximum absolute atomic E-state index is 12.3. The number of aryl methyl sites for hydroxylation is 2. The van der Waals surface area contributed by atoms with Crippen LogP contribution in [0, 0.1) is 6.92 Å². The molecule has 0 spiro atoms. The molecular weight excluding hydrogens is 391 g/mol. The van der Waals surface area contributed by atoms with E-state index in [4.69, 9.17) is 0 Å². The zero-order chi connectivity index (χ0) is 21.7. The van der Waals surface area contributed by atoms with Crippen LogP contribution in [0.25, 0.3) is 0 Å². The first-order chi connectivity index (χ1) is 14.2. The van der Waals surface area contributed by atoms with Crippen molar-refractivity contribution in [2.45, 2.75) is 32.9 Å². The van der Waals surface area contributed by atoms with Gasteiger partial charge in [0, 0.05) is 30.1 Å². The molecule has 1 aliphatic heterocycles. The van der Waals surface area contributed by atoms with Gasteiger partial charge in [0.25, 0.3) is 0 Å². The molecule has 0 unspecified atom stereocenters. The van der Waals surface area contributed by atoms with Gasteiger partial charge >= 0.3 is 6.18 Å². The molecule has 30 heavy (non-hydrogen) atoms. The van der Waals surface area contributed by atoms with Crippen molar-refractivity contribution in [2.24, 2.45) is 10.1 Å². The van der Waals surface area contributed by atoms with Crippen molar-refractivity contribution in [3.05, 3.63) is 78.0 Å². The molecule has 0 saturated heterocycles. The predicted molar refractivity (Wildman–Crippen MR) is 112 cm³/mol. The van der Waals surface area contributed by atoms with Gasteiger partial charge in [-0.2, -0.15) is 18.3 Å². The van der Waals surface area contributed by atoms with Gasteiger partial charge in [0.05, 0.1) is 30.1 Å². The fourth-order valence-corrected chi connectivity index (χ4v) is 2.80. The van der Waals surface area contributed by atoms with E-state index < -0.39 is 12.6 Å². The van der Waals surface area contributed by atoms with Gasteiger partial charge in [-0.25, -0.2) is 9.97 Å². The minimum absolute atomic E-state index is 0.152. The number of aliphatic imine (C=N–C) groups is 1. The Morgan fingerprint density at radius 1 is 1.13 bits per heavy atom. The average molecular weight is 413 g/mol. The lowest BCUT2D eigenvalue weighted by molar-refractivity contribution is -0.134. The first kappa shape index (κ1) is 21.4. The number of benzene rings is 1. The van der Waals surface area contributed by atoms with Crippen LogP contribution in [-0.2, 0) is 6.42 Å². The maximum Gasteiger partial charge on any atom is 0.389 e. The number of halogens is 3. The number of alkyl halides is 3. The van der Waals surface area contributed by atoms with Gasteiger partial charge in [-0.15, -0.1) is 0 Å². The Kier molecular flexibility index (Phi) is 6.44. The standard InChI is InChI=1S/C22H22F3N5/c1-15-6-4-5-7-19(15)28-16(2)14-30-17(3)8-9-20(29-30)18-12-26-21(27-13-18)10-11-22(23,24)25/h4-9,12-13H,3,10-11,14H2,1-2H3/b28-16+. The Hall–Kier alpha value is -3.29. The molecule has 0 radical (unpaired) electrons. The summed E-state index contributed by atoms with van der Waals surface area (Å²) in [5.41, 5.74) is 4.78. The van der Waals surface area contributed by atoms with Crippen LogP contribution in [0.15, 0.2) is 71.2 Å². The van der Waals surface area contributed by atoms with Gasteiger partial charge in [0.1, 0.15) is 5.82 Å². The van der Waals surface area contributed by atoms with Crippen molar-refractivity contribution in [3.8, 4) is 0 Å². The molecule has 1 aliphatic rings. The Morgan fingerprint density at radius 2 is 1.83 bits per heavy atom. The van der Waals surface area contributed by atoms with Crippen molar-refractivity contribution in [2.75, 3.05) is 6.54 Å². The fourth-order valence-electron chi connectivity index (χ4n) is 2.80. The van der Waals surface area contributed by atoms with E-state index in [9.17, 15) is 13.2 Å². The number of para-hydroxylation sites is 1. The minimum Gasteiger partial charge on any atom is -0.260 e. The molecule has 3 rings (SSSR count). The molecule has 2 heterocycles.